The lowest BCUT2D eigenvalue weighted by Crippen LogP contribution is -2.44. The number of aliphatic hydroxyl groups excluding tert-OH is 1. The largest absolute Gasteiger partial charge is 0.396 e. The molecule has 1 heterocycles. The topological polar surface area (TPSA) is 58.6 Å². The number of ether oxygens (including phenoxy) is 1. The van der Waals surface area contributed by atoms with Gasteiger partial charge in [0.25, 0.3) is 0 Å². The van der Waals surface area contributed by atoms with Gasteiger partial charge in [0, 0.05) is 19.3 Å². The summed E-state index contributed by atoms with van der Waals surface area (Å²) in [6, 6.07) is 0.0607. The number of aliphatic hydroxyl groups is 1. The summed E-state index contributed by atoms with van der Waals surface area (Å²) < 4.78 is 5.53. The minimum Gasteiger partial charge on any atom is -0.396 e. The van der Waals surface area contributed by atoms with Crippen LogP contribution >= 0.6 is 0 Å². The lowest BCUT2D eigenvalue weighted by atomic mass is 9.96. The zero-order chi connectivity index (χ0) is 12.8. The number of carbonyl (C=O) groups excluding carboxylic acids is 1. The van der Waals surface area contributed by atoms with E-state index in [0.717, 1.165) is 12.8 Å². The van der Waals surface area contributed by atoms with E-state index in [2.05, 4.69) is 19.2 Å². The first kappa shape index (κ1) is 14.5. The van der Waals surface area contributed by atoms with Gasteiger partial charge in [-0.15, -0.1) is 0 Å². The first-order valence-corrected chi connectivity index (χ1v) is 6.63. The molecule has 1 amide bonds. The third-order valence-corrected chi connectivity index (χ3v) is 3.52. The van der Waals surface area contributed by atoms with Gasteiger partial charge in [0.15, 0.2) is 0 Å². The molecule has 1 fully saturated rings. The Morgan fingerprint density at radius 3 is 2.76 bits per heavy atom. The molecule has 1 rings (SSSR count). The fourth-order valence-electron chi connectivity index (χ4n) is 2.35. The molecule has 2 N–H and O–H groups in total. The van der Waals surface area contributed by atoms with Gasteiger partial charge in [0.05, 0.1) is 12.0 Å². The highest BCUT2D eigenvalue weighted by atomic mass is 16.5. The van der Waals surface area contributed by atoms with E-state index in [1.807, 2.05) is 6.92 Å². The van der Waals surface area contributed by atoms with E-state index in [0.29, 0.717) is 18.9 Å². The van der Waals surface area contributed by atoms with E-state index < -0.39 is 0 Å². The zero-order valence-corrected chi connectivity index (χ0v) is 11.1. The van der Waals surface area contributed by atoms with Crippen molar-refractivity contribution in [1.29, 1.82) is 0 Å². The van der Waals surface area contributed by atoms with E-state index in [9.17, 15) is 4.79 Å². The summed E-state index contributed by atoms with van der Waals surface area (Å²) in [6.45, 7) is 6.96. The van der Waals surface area contributed by atoms with Gasteiger partial charge >= 0.3 is 0 Å². The number of nitrogens with one attached hydrogen (secondary N) is 1. The van der Waals surface area contributed by atoms with Crippen LogP contribution in [0.5, 0.6) is 0 Å². The van der Waals surface area contributed by atoms with Gasteiger partial charge in [-0.1, -0.05) is 20.8 Å². The molecule has 0 radical (unpaired) electrons. The molecule has 0 aliphatic carbocycles. The fraction of sp³-hybridized carbons (Fsp3) is 0.923. The molecule has 1 saturated heterocycles. The van der Waals surface area contributed by atoms with Crippen LogP contribution in [-0.2, 0) is 9.53 Å². The van der Waals surface area contributed by atoms with Gasteiger partial charge < -0.3 is 15.2 Å². The average Bonchev–Trinajstić information content (AvgIpc) is 2.76. The van der Waals surface area contributed by atoms with Crippen molar-refractivity contribution in [3.05, 3.63) is 0 Å². The summed E-state index contributed by atoms with van der Waals surface area (Å²) in [6.07, 6.45) is 2.38. The van der Waals surface area contributed by atoms with Crippen molar-refractivity contribution < 1.29 is 14.6 Å². The molecule has 0 bridgehead atoms. The highest BCUT2D eigenvalue weighted by Gasteiger charge is 2.33. The van der Waals surface area contributed by atoms with Crippen LogP contribution in [0.1, 0.15) is 40.0 Å². The minimum atomic E-state index is -0.0139. The number of amides is 1. The van der Waals surface area contributed by atoms with Crippen LogP contribution in [0, 0.1) is 11.8 Å². The first-order valence-electron chi connectivity index (χ1n) is 6.63. The molecule has 3 unspecified atom stereocenters. The van der Waals surface area contributed by atoms with Crippen LogP contribution < -0.4 is 5.32 Å². The van der Waals surface area contributed by atoms with Gasteiger partial charge in [0.1, 0.15) is 0 Å². The Bertz CT molecular complexity index is 243. The Balaban J connectivity index is 2.51. The fourth-order valence-corrected chi connectivity index (χ4v) is 2.35. The molecule has 3 atom stereocenters. The first-order chi connectivity index (χ1) is 8.10. The van der Waals surface area contributed by atoms with Crippen LogP contribution in [0.25, 0.3) is 0 Å². The molecule has 0 aromatic rings. The summed E-state index contributed by atoms with van der Waals surface area (Å²) >= 11 is 0. The third-order valence-electron chi connectivity index (χ3n) is 3.52. The van der Waals surface area contributed by atoms with Crippen LogP contribution in [-0.4, -0.2) is 36.4 Å². The monoisotopic (exact) mass is 243 g/mol. The van der Waals surface area contributed by atoms with Crippen molar-refractivity contribution >= 4 is 5.91 Å². The molecule has 0 saturated carbocycles. The second-order valence-corrected chi connectivity index (χ2v) is 5.08. The number of rotatable bonds is 6. The molecule has 1 aliphatic rings. The lowest BCUT2D eigenvalue weighted by molar-refractivity contribution is -0.127. The van der Waals surface area contributed by atoms with Crippen molar-refractivity contribution in [1.82, 2.24) is 5.32 Å². The maximum absolute atomic E-state index is 12.1. The third kappa shape index (κ3) is 3.96. The second kappa shape index (κ2) is 6.97. The molecule has 0 aromatic carbocycles. The van der Waals surface area contributed by atoms with E-state index in [1.54, 1.807) is 0 Å². The quantitative estimate of drug-likeness (QED) is 0.740. The van der Waals surface area contributed by atoms with Gasteiger partial charge in [-0.25, -0.2) is 0 Å². The van der Waals surface area contributed by atoms with Gasteiger partial charge in [-0.3, -0.25) is 4.79 Å². The summed E-state index contributed by atoms with van der Waals surface area (Å²) in [5, 5.41) is 12.0. The van der Waals surface area contributed by atoms with Gasteiger partial charge in [-0.2, -0.15) is 0 Å². The van der Waals surface area contributed by atoms with E-state index in [1.165, 1.54) is 0 Å². The highest BCUT2D eigenvalue weighted by molar-refractivity contribution is 5.79. The van der Waals surface area contributed by atoms with Crippen molar-refractivity contribution in [2.24, 2.45) is 11.8 Å². The van der Waals surface area contributed by atoms with Gasteiger partial charge in [-0.05, 0) is 25.2 Å². The Morgan fingerprint density at radius 2 is 2.24 bits per heavy atom. The van der Waals surface area contributed by atoms with E-state index in [4.69, 9.17) is 9.84 Å². The summed E-state index contributed by atoms with van der Waals surface area (Å²) in [7, 11) is 0. The van der Waals surface area contributed by atoms with Crippen molar-refractivity contribution in [3.8, 4) is 0 Å². The lowest BCUT2D eigenvalue weighted by Gasteiger charge is -2.24. The average molecular weight is 243 g/mol. The van der Waals surface area contributed by atoms with Crippen LogP contribution in [0.15, 0.2) is 0 Å². The molecule has 0 aromatic heterocycles. The van der Waals surface area contributed by atoms with Gasteiger partial charge in [0.2, 0.25) is 5.91 Å². The number of hydrogen-bond acceptors (Lipinski definition) is 3. The highest BCUT2D eigenvalue weighted by Crippen LogP contribution is 2.24. The van der Waals surface area contributed by atoms with Crippen molar-refractivity contribution in [2.45, 2.75) is 52.2 Å². The Kier molecular flexibility index (Phi) is 5.92. The summed E-state index contributed by atoms with van der Waals surface area (Å²) in [4.78, 5) is 12.1. The Labute approximate surface area is 104 Å². The number of hydrogen-bond donors (Lipinski definition) is 2. The molecule has 4 nitrogen and oxygen atoms in total. The Morgan fingerprint density at radius 1 is 1.53 bits per heavy atom. The second-order valence-electron chi connectivity index (χ2n) is 5.08. The normalized spacial score (nSPS) is 26.2. The smallest absolute Gasteiger partial charge is 0.226 e. The minimum absolute atomic E-state index is 0.0139. The Hall–Kier alpha value is -0.610. The molecule has 0 spiro atoms. The van der Waals surface area contributed by atoms with Crippen molar-refractivity contribution in [2.75, 3.05) is 13.2 Å². The molecular weight excluding hydrogens is 218 g/mol. The SMILES string of the molecule is CCC1OCCC1C(=O)NC(CCO)C(C)C. The van der Waals surface area contributed by atoms with E-state index in [-0.39, 0.29) is 30.6 Å². The predicted molar refractivity (Wildman–Crippen MR) is 66.6 cm³/mol. The predicted octanol–water partition coefficient (Wildman–Crippen LogP) is 1.32. The maximum Gasteiger partial charge on any atom is 0.226 e. The molecule has 100 valence electrons. The zero-order valence-electron chi connectivity index (χ0n) is 11.1. The van der Waals surface area contributed by atoms with Crippen molar-refractivity contribution in [3.63, 3.8) is 0 Å². The van der Waals surface area contributed by atoms with Crippen LogP contribution in [0.4, 0.5) is 0 Å². The summed E-state index contributed by atoms with van der Waals surface area (Å²) in [5.41, 5.74) is 0. The maximum atomic E-state index is 12.1. The standard InChI is InChI=1S/C13H25NO3/c1-4-12-10(6-8-17-12)13(16)14-11(5-7-15)9(2)3/h9-12,15H,4-8H2,1-3H3,(H,14,16). The van der Waals surface area contributed by atoms with Crippen LogP contribution in [0.3, 0.4) is 0 Å². The molecule has 4 heteroatoms. The van der Waals surface area contributed by atoms with E-state index >= 15 is 0 Å². The number of carbonyl (C=O) groups is 1. The molecular formula is C13H25NO3. The summed E-state index contributed by atoms with van der Waals surface area (Å²) in [5.74, 6) is 0.412. The molecule has 1 aliphatic heterocycles. The molecule has 17 heavy (non-hydrogen) atoms. The van der Waals surface area contributed by atoms with Crippen LogP contribution in [0.2, 0.25) is 0 Å².